The normalized spacial score (nSPS) is 11.8. The third kappa shape index (κ3) is 10.5. The largest absolute Gasteiger partial charge is 0.493 e. The van der Waals surface area contributed by atoms with E-state index in [1.165, 1.54) is 11.1 Å². The molecule has 6 nitrogen and oxygen atoms in total. The number of amidine groups is 2. The Bertz CT molecular complexity index is 1250. The van der Waals surface area contributed by atoms with Crippen LogP contribution in [0, 0.1) is 0 Å². The summed E-state index contributed by atoms with van der Waals surface area (Å²) in [4.78, 5) is 9.04. The van der Waals surface area contributed by atoms with Gasteiger partial charge in [-0.05, 0) is 85.3 Å². The molecule has 0 aliphatic heterocycles. The van der Waals surface area contributed by atoms with E-state index in [0.717, 1.165) is 54.7 Å². The second-order valence-electron chi connectivity index (χ2n) is 9.81. The number of hydrogen-bond acceptors (Lipinski definition) is 4. The molecule has 4 aromatic rings. The molecule has 6 heteroatoms. The van der Waals surface area contributed by atoms with E-state index in [9.17, 15) is 0 Å². The van der Waals surface area contributed by atoms with Crippen LogP contribution in [0.15, 0.2) is 119 Å². The molecule has 4 N–H and O–H groups in total. The Labute approximate surface area is 243 Å². The van der Waals surface area contributed by atoms with Gasteiger partial charge in [-0.15, -0.1) is 0 Å². The van der Waals surface area contributed by atoms with E-state index < -0.39 is 0 Å². The van der Waals surface area contributed by atoms with Crippen molar-refractivity contribution in [3.63, 3.8) is 0 Å². The van der Waals surface area contributed by atoms with Gasteiger partial charge in [0.15, 0.2) is 0 Å². The van der Waals surface area contributed by atoms with Gasteiger partial charge in [-0.2, -0.15) is 0 Å². The van der Waals surface area contributed by atoms with Gasteiger partial charge in [0.25, 0.3) is 0 Å². The molecule has 41 heavy (non-hydrogen) atoms. The van der Waals surface area contributed by atoms with E-state index in [0.29, 0.717) is 38.0 Å². The van der Waals surface area contributed by atoms with Crippen LogP contribution in [-0.4, -0.2) is 38.0 Å². The van der Waals surface area contributed by atoms with Crippen molar-refractivity contribution in [3.8, 4) is 11.5 Å². The third-order valence-electron chi connectivity index (χ3n) is 6.62. The Kier molecular flexibility index (Phi) is 11.8. The maximum atomic E-state index is 6.17. The number of hydrogen-bond donors (Lipinski definition) is 2. The highest BCUT2D eigenvalue weighted by atomic mass is 16.5. The van der Waals surface area contributed by atoms with Crippen molar-refractivity contribution < 1.29 is 9.47 Å². The summed E-state index contributed by atoms with van der Waals surface area (Å²) in [6, 6.07) is 36.3. The zero-order chi connectivity index (χ0) is 28.5. The summed E-state index contributed by atoms with van der Waals surface area (Å²) in [5, 5.41) is 0. The molecule has 212 valence electrons. The first-order valence-electron chi connectivity index (χ1n) is 14.3. The molecule has 0 aliphatic rings. The fourth-order valence-corrected chi connectivity index (χ4v) is 4.32. The molecule has 0 radical (unpaired) electrons. The van der Waals surface area contributed by atoms with Crippen molar-refractivity contribution in [1.29, 1.82) is 0 Å². The predicted molar refractivity (Wildman–Crippen MR) is 169 cm³/mol. The zero-order valence-electron chi connectivity index (χ0n) is 23.6. The molecule has 0 heterocycles. The lowest BCUT2D eigenvalue weighted by Gasteiger charge is -2.09. The summed E-state index contributed by atoms with van der Waals surface area (Å²) in [5.41, 5.74) is 16.8. The fourth-order valence-electron chi connectivity index (χ4n) is 4.32. The molecule has 0 bridgehead atoms. The number of benzene rings is 4. The summed E-state index contributed by atoms with van der Waals surface area (Å²) in [7, 11) is 0. The van der Waals surface area contributed by atoms with Crippen LogP contribution >= 0.6 is 0 Å². The summed E-state index contributed by atoms with van der Waals surface area (Å²) < 4.78 is 11.7. The minimum Gasteiger partial charge on any atom is -0.493 e. The third-order valence-corrected chi connectivity index (χ3v) is 6.62. The topological polar surface area (TPSA) is 95.2 Å². The Hall–Kier alpha value is -4.58. The summed E-state index contributed by atoms with van der Waals surface area (Å²) in [6.45, 7) is 2.53. The van der Waals surface area contributed by atoms with Gasteiger partial charge >= 0.3 is 0 Å². The van der Waals surface area contributed by atoms with E-state index in [-0.39, 0.29) is 0 Å². The molecule has 0 spiro atoms. The first-order chi connectivity index (χ1) is 20.2. The van der Waals surface area contributed by atoms with Crippen LogP contribution in [-0.2, 0) is 12.8 Å². The highest BCUT2D eigenvalue weighted by Gasteiger charge is 2.02. The average Bonchev–Trinajstić information content (AvgIpc) is 3.02. The van der Waals surface area contributed by atoms with Crippen molar-refractivity contribution in [2.24, 2.45) is 21.5 Å². The molecule has 0 aromatic heterocycles. The van der Waals surface area contributed by atoms with E-state index >= 15 is 0 Å². The predicted octanol–water partition coefficient (Wildman–Crippen LogP) is 6.21. The minimum atomic E-state index is 0.556. The van der Waals surface area contributed by atoms with Crippen LogP contribution in [0.1, 0.15) is 41.5 Å². The molecule has 4 aromatic carbocycles. The van der Waals surface area contributed by atoms with Crippen LogP contribution < -0.4 is 20.9 Å². The molecule has 0 saturated carbocycles. The molecule has 0 unspecified atom stereocenters. The van der Waals surface area contributed by atoms with Crippen LogP contribution in [0.25, 0.3) is 0 Å². The van der Waals surface area contributed by atoms with Crippen LogP contribution in [0.4, 0.5) is 0 Å². The van der Waals surface area contributed by atoms with Crippen LogP contribution in [0.3, 0.4) is 0 Å². The smallest absolute Gasteiger partial charge is 0.125 e. The van der Waals surface area contributed by atoms with Gasteiger partial charge < -0.3 is 20.9 Å². The Balaban J connectivity index is 1.09. The van der Waals surface area contributed by atoms with Crippen molar-refractivity contribution >= 4 is 11.7 Å². The van der Waals surface area contributed by atoms with Gasteiger partial charge in [0.1, 0.15) is 23.2 Å². The van der Waals surface area contributed by atoms with E-state index in [1.54, 1.807) is 0 Å². The lowest BCUT2D eigenvalue weighted by molar-refractivity contribution is 0.247. The highest BCUT2D eigenvalue weighted by Crippen LogP contribution is 2.15. The van der Waals surface area contributed by atoms with Crippen molar-refractivity contribution in [1.82, 2.24) is 0 Å². The average molecular weight is 549 g/mol. The molecule has 0 atom stereocenters. The summed E-state index contributed by atoms with van der Waals surface area (Å²) in [5.74, 6) is 2.71. The first-order valence-corrected chi connectivity index (χ1v) is 14.3. The molecule has 4 rings (SSSR count). The molecular weight excluding hydrogens is 508 g/mol. The Morgan fingerprint density at radius 2 is 0.878 bits per heavy atom. The minimum absolute atomic E-state index is 0.556. The van der Waals surface area contributed by atoms with Crippen LogP contribution in [0.2, 0.25) is 0 Å². The molecule has 0 amide bonds. The van der Waals surface area contributed by atoms with E-state index in [1.807, 2.05) is 60.7 Å². The second kappa shape index (κ2) is 16.5. The summed E-state index contributed by atoms with van der Waals surface area (Å²) in [6.07, 6.45) is 4.70. The van der Waals surface area contributed by atoms with Crippen LogP contribution in [0.5, 0.6) is 11.5 Å². The number of aliphatic imine (C=N–C) groups is 2. The number of ether oxygens (including phenoxy) is 2. The van der Waals surface area contributed by atoms with Crippen molar-refractivity contribution in [3.05, 3.63) is 131 Å². The number of aryl methyl sites for hydroxylation is 2. The second-order valence-corrected chi connectivity index (χ2v) is 9.81. The van der Waals surface area contributed by atoms with E-state index in [2.05, 4.69) is 58.5 Å². The maximum Gasteiger partial charge on any atom is 0.125 e. The van der Waals surface area contributed by atoms with Crippen molar-refractivity contribution in [2.45, 2.75) is 32.1 Å². The Morgan fingerprint density at radius 3 is 1.27 bits per heavy atom. The quantitative estimate of drug-likeness (QED) is 0.0988. The van der Waals surface area contributed by atoms with Gasteiger partial charge in [-0.25, -0.2) is 0 Å². The first kappa shape index (κ1) is 29.4. The van der Waals surface area contributed by atoms with Gasteiger partial charge in [0, 0.05) is 30.6 Å². The highest BCUT2D eigenvalue weighted by molar-refractivity contribution is 5.98. The number of nitrogens with zero attached hydrogens (tertiary/aromatic N) is 2. The lowest BCUT2D eigenvalue weighted by Crippen LogP contribution is -2.14. The molecule has 0 aliphatic carbocycles. The number of nitrogens with two attached hydrogens (primary N) is 2. The molecular formula is C35H40N4O2. The zero-order valence-corrected chi connectivity index (χ0v) is 23.6. The standard InChI is InChI=1S/C35H40N4O2/c36-34(38-24-7-14-28-10-3-1-4-11-28)30-16-20-32(21-17-30)40-26-9-27-41-33-22-18-31(19-23-33)35(37)39-25-8-15-29-12-5-2-6-13-29/h1-6,10-13,16-23H,7-9,14-15,24-27H2,(H2,36,38)(H2,37,39). The van der Waals surface area contributed by atoms with Gasteiger partial charge in [-0.3, -0.25) is 9.98 Å². The van der Waals surface area contributed by atoms with Crippen molar-refractivity contribution in [2.75, 3.05) is 26.3 Å². The monoisotopic (exact) mass is 548 g/mol. The summed E-state index contributed by atoms with van der Waals surface area (Å²) >= 11 is 0. The Morgan fingerprint density at radius 1 is 0.488 bits per heavy atom. The maximum absolute atomic E-state index is 6.17. The molecule has 0 saturated heterocycles. The van der Waals surface area contributed by atoms with Gasteiger partial charge in [0.05, 0.1) is 13.2 Å². The fraction of sp³-hybridized carbons (Fsp3) is 0.257. The van der Waals surface area contributed by atoms with Gasteiger partial charge in [-0.1, -0.05) is 60.7 Å². The lowest BCUT2D eigenvalue weighted by atomic mass is 10.1. The SMILES string of the molecule is NC(=NCCCc1ccccc1)c1ccc(OCCCOc2ccc(C(N)=NCCCc3ccccc3)cc2)cc1. The number of rotatable bonds is 16. The van der Waals surface area contributed by atoms with Gasteiger partial charge in [0.2, 0.25) is 0 Å². The molecule has 0 fully saturated rings. The van der Waals surface area contributed by atoms with E-state index in [4.69, 9.17) is 20.9 Å².